The highest BCUT2D eigenvalue weighted by Crippen LogP contribution is 2.17. The van der Waals surface area contributed by atoms with Crippen LogP contribution >= 0.6 is 0 Å². The smallest absolute Gasteiger partial charge is 0.191 e. The summed E-state index contributed by atoms with van der Waals surface area (Å²) in [6.07, 6.45) is 2.09. The van der Waals surface area contributed by atoms with Crippen molar-refractivity contribution in [2.45, 2.75) is 39.7 Å². The van der Waals surface area contributed by atoms with Crippen molar-refractivity contribution in [3.63, 3.8) is 0 Å². The maximum Gasteiger partial charge on any atom is 0.191 e. The molecular weight excluding hydrogens is 342 g/mol. The van der Waals surface area contributed by atoms with E-state index in [2.05, 4.69) is 35.5 Å². The topological polar surface area (TPSA) is 64.1 Å². The maximum atomic E-state index is 5.99. The minimum atomic E-state index is 0.0125. The average molecular weight is 378 g/mol. The van der Waals surface area contributed by atoms with E-state index in [4.69, 9.17) is 14.2 Å². The molecule has 2 unspecified atom stereocenters. The average Bonchev–Trinajstić information content (AvgIpc) is 3.18. The fourth-order valence-electron chi connectivity index (χ4n) is 2.85. The summed E-state index contributed by atoms with van der Waals surface area (Å²) in [5, 5.41) is 6.63. The molecule has 152 valence electrons. The predicted octanol–water partition coefficient (Wildman–Crippen LogP) is 2.76. The molecule has 0 bridgehead atoms. The molecule has 1 heterocycles. The summed E-state index contributed by atoms with van der Waals surface area (Å²) >= 11 is 0. The zero-order chi connectivity index (χ0) is 19.3. The first-order valence-electron chi connectivity index (χ1n) is 10.1. The maximum absolute atomic E-state index is 5.99. The first-order valence-corrected chi connectivity index (χ1v) is 10.1. The molecule has 0 radical (unpaired) electrons. The molecule has 27 heavy (non-hydrogen) atoms. The molecule has 1 aliphatic rings. The van der Waals surface area contributed by atoms with E-state index >= 15 is 0 Å². The molecule has 6 heteroatoms. The highest BCUT2D eigenvalue weighted by atomic mass is 16.5. The lowest BCUT2D eigenvalue weighted by Crippen LogP contribution is -2.38. The number of ether oxygens (including phenoxy) is 3. The van der Waals surface area contributed by atoms with E-state index in [1.54, 1.807) is 0 Å². The van der Waals surface area contributed by atoms with Crippen LogP contribution in [0.5, 0.6) is 5.75 Å². The third kappa shape index (κ3) is 8.63. The van der Waals surface area contributed by atoms with E-state index in [9.17, 15) is 0 Å². The largest absolute Gasteiger partial charge is 0.489 e. The number of hydrogen-bond acceptors (Lipinski definition) is 4. The van der Waals surface area contributed by atoms with Crippen LogP contribution in [-0.2, 0) is 9.47 Å². The summed E-state index contributed by atoms with van der Waals surface area (Å²) in [5.74, 6) is 2.32. The van der Waals surface area contributed by atoms with Gasteiger partial charge in [-0.1, -0.05) is 18.2 Å². The number of guanidine groups is 1. The Morgan fingerprint density at radius 2 is 2.19 bits per heavy atom. The summed E-state index contributed by atoms with van der Waals surface area (Å²) in [7, 11) is 0. The first-order chi connectivity index (χ1) is 13.2. The highest BCUT2D eigenvalue weighted by Gasteiger charge is 2.15. The molecule has 1 saturated heterocycles. The lowest BCUT2D eigenvalue weighted by molar-refractivity contribution is 0.0888. The van der Waals surface area contributed by atoms with Crippen molar-refractivity contribution in [1.82, 2.24) is 10.6 Å². The number of nitrogens with zero attached hydrogens (tertiary/aromatic N) is 1. The SMILES string of the molecule is CCNC(=NCC(C)Oc1ccccc1C)NCCCOCC1CCOC1. The summed E-state index contributed by atoms with van der Waals surface area (Å²) in [4.78, 5) is 4.63. The normalized spacial score (nSPS) is 18.3. The van der Waals surface area contributed by atoms with Gasteiger partial charge in [-0.05, 0) is 45.2 Å². The Balaban J connectivity index is 1.64. The number of rotatable bonds is 11. The number of aliphatic imine (C=N–C) groups is 1. The molecule has 6 nitrogen and oxygen atoms in total. The summed E-state index contributed by atoms with van der Waals surface area (Å²) in [6.45, 7) is 11.7. The van der Waals surface area contributed by atoms with Crippen LogP contribution < -0.4 is 15.4 Å². The monoisotopic (exact) mass is 377 g/mol. The van der Waals surface area contributed by atoms with Crippen molar-refractivity contribution in [2.24, 2.45) is 10.9 Å². The van der Waals surface area contributed by atoms with Gasteiger partial charge in [0.2, 0.25) is 0 Å². The fourth-order valence-corrected chi connectivity index (χ4v) is 2.85. The quantitative estimate of drug-likeness (QED) is 0.353. The van der Waals surface area contributed by atoms with Crippen LogP contribution in [0, 0.1) is 12.8 Å². The van der Waals surface area contributed by atoms with Crippen LogP contribution in [0.1, 0.15) is 32.3 Å². The Bertz CT molecular complexity index is 559. The molecule has 2 atom stereocenters. The van der Waals surface area contributed by atoms with Crippen LogP contribution in [0.15, 0.2) is 29.3 Å². The zero-order valence-corrected chi connectivity index (χ0v) is 17.0. The fraction of sp³-hybridized carbons (Fsp3) is 0.667. The van der Waals surface area contributed by atoms with E-state index in [-0.39, 0.29) is 6.10 Å². The van der Waals surface area contributed by atoms with Crippen LogP contribution in [0.4, 0.5) is 0 Å². The van der Waals surface area contributed by atoms with Crippen molar-refractivity contribution in [3.05, 3.63) is 29.8 Å². The Kier molecular flexibility index (Phi) is 10.0. The molecule has 1 aromatic carbocycles. The van der Waals surface area contributed by atoms with Gasteiger partial charge in [-0.2, -0.15) is 0 Å². The molecule has 2 N–H and O–H groups in total. The highest BCUT2D eigenvalue weighted by molar-refractivity contribution is 5.79. The van der Waals surface area contributed by atoms with Gasteiger partial charge in [-0.15, -0.1) is 0 Å². The van der Waals surface area contributed by atoms with Gasteiger partial charge in [-0.25, -0.2) is 4.99 Å². The number of para-hydroxylation sites is 1. The summed E-state index contributed by atoms with van der Waals surface area (Å²) < 4.78 is 17.1. The second-order valence-corrected chi connectivity index (χ2v) is 7.00. The number of nitrogens with one attached hydrogen (secondary N) is 2. The van der Waals surface area contributed by atoms with Crippen LogP contribution in [0.3, 0.4) is 0 Å². The second-order valence-electron chi connectivity index (χ2n) is 7.00. The Labute approximate surface area is 163 Å². The van der Waals surface area contributed by atoms with Gasteiger partial charge in [0.15, 0.2) is 5.96 Å². The van der Waals surface area contributed by atoms with Gasteiger partial charge in [0.1, 0.15) is 11.9 Å². The molecule has 0 amide bonds. The van der Waals surface area contributed by atoms with Crippen LogP contribution in [-0.4, -0.2) is 58.1 Å². The van der Waals surface area contributed by atoms with Crippen molar-refractivity contribution >= 4 is 5.96 Å². The standard InChI is InChI=1S/C21H35N3O3/c1-4-22-21(23-11-7-12-25-15-19-10-13-26-16-19)24-14-18(3)27-20-9-6-5-8-17(20)2/h5-6,8-9,18-19H,4,7,10-16H2,1-3H3,(H2,22,23,24). The molecule has 1 fully saturated rings. The van der Waals surface area contributed by atoms with Gasteiger partial charge in [0, 0.05) is 32.2 Å². The third-order valence-electron chi connectivity index (χ3n) is 4.41. The third-order valence-corrected chi connectivity index (χ3v) is 4.41. The minimum Gasteiger partial charge on any atom is -0.489 e. The summed E-state index contributed by atoms with van der Waals surface area (Å²) in [5.41, 5.74) is 1.14. The van der Waals surface area contributed by atoms with Crippen molar-refractivity contribution in [1.29, 1.82) is 0 Å². The predicted molar refractivity (Wildman–Crippen MR) is 110 cm³/mol. The van der Waals surface area contributed by atoms with Crippen molar-refractivity contribution in [3.8, 4) is 5.75 Å². The van der Waals surface area contributed by atoms with Gasteiger partial charge >= 0.3 is 0 Å². The zero-order valence-electron chi connectivity index (χ0n) is 17.0. The van der Waals surface area contributed by atoms with Crippen LogP contribution in [0.25, 0.3) is 0 Å². The lowest BCUT2D eigenvalue weighted by Gasteiger charge is -2.16. The molecular formula is C21H35N3O3. The Hall–Kier alpha value is -1.79. The molecule has 1 aromatic rings. The molecule has 0 aromatic heterocycles. The van der Waals surface area contributed by atoms with Gasteiger partial charge < -0.3 is 24.8 Å². The summed E-state index contributed by atoms with van der Waals surface area (Å²) in [6, 6.07) is 8.06. The van der Waals surface area contributed by atoms with Crippen molar-refractivity contribution in [2.75, 3.05) is 46.1 Å². The molecule has 2 rings (SSSR count). The van der Waals surface area contributed by atoms with E-state index < -0.39 is 0 Å². The van der Waals surface area contributed by atoms with Crippen LogP contribution in [0.2, 0.25) is 0 Å². The van der Waals surface area contributed by atoms with Gasteiger partial charge in [-0.3, -0.25) is 0 Å². The molecule has 1 aliphatic heterocycles. The van der Waals surface area contributed by atoms with Gasteiger partial charge in [0.25, 0.3) is 0 Å². The molecule has 0 spiro atoms. The number of aryl methyl sites for hydroxylation is 1. The van der Waals surface area contributed by atoms with Gasteiger partial charge in [0.05, 0.1) is 19.8 Å². The number of benzene rings is 1. The first kappa shape index (κ1) is 21.5. The lowest BCUT2D eigenvalue weighted by atomic mass is 10.1. The van der Waals surface area contributed by atoms with E-state index in [0.29, 0.717) is 12.5 Å². The van der Waals surface area contributed by atoms with Crippen molar-refractivity contribution < 1.29 is 14.2 Å². The van der Waals surface area contributed by atoms with E-state index in [1.165, 1.54) is 0 Å². The Morgan fingerprint density at radius 3 is 2.93 bits per heavy atom. The minimum absolute atomic E-state index is 0.0125. The molecule has 0 saturated carbocycles. The number of hydrogen-bond donors (Lipinski definition) is 2. The Morgan fingerprint density at radius 1 is 1.33 bits per heavy atom. The van der Waals surface area contributed by atoms with E-state index in [0.717, 1.165) is 69.6 Å². The van der Waals surface area contributed by atoms with E-state index in [1.807, 2.05) is 25.1 Å². The second kappa shape index (κ2) is 12.6. The molecule has 0 aliphatic carbocycles.